The summed E-state index contributed by atoms with van der Waals surface area (Å²) in [7, 11) is 0. The van der Waals surface area contributed by atoms with Crippen molar-refractivity contribution in [1.82, 2.24) is 5.32 Å². The van der Waals surface area contributed by atoms with Gasteiger partial charge in [0.15, 0.2) is 0 Å². The van der Waals surface area contributed by atoms with Crippen molar-refractivity contribution >= 4 is 17.5 Å². The third-order valence-corrected chi connectivity index (χ3v) is 3.49. The third kappa shape index (κ3) is 8.18. The number of aryl methyl sites for hydroxylation is 1. The highest BCUT2D eigenvalue weighted by Gasteiger charge is 2.00. The molecule has 0 bridgehead atoms. The van der Waals surface area contributed by atoms with E-state index in [-0.39, 0.29) is 5.91 Å². The number of carbonyl (C=O) groups excluding carboxylic acids is 1. The van der Waals surface area contributed by atoms with Gasteiger partial charge in [0.25, 0.3) is 0 Å². The predicted molar refractivity (Wildman–Crippen MR) is 84.9 cm³/mol. The lowest BCUT2D eigenvalue weighted by Crippen LogP contribution is -2.24. The first-order valence-electron chi connectivity index (χ1n) is 7.43. The van der Waals surface area contributed by atoms with E-state index in [2.05, 4.69) is 5.32 Å². The molecule has 1 rings (SSSR count). The molecule has 0 saturated carbocycles. The maximum Gasteiger partial charge on any atom is 0.219 e. The molecule has 0 aliphatic rings. The number of benzene rings is 1. The standard InChI is InChI=1S/C16H25ClN2O/c17-15-10-8-14(9-11-15)6-5-13-19-16(20)7-3-1-2-4-12-18/h8-11H,1-7,12-13,18H2,(H,19,20). The average Bonchev–Trinajstić information content (AvgIpc) is 2.45. The van der Waals surface area contributed by atoms with Crippen molar-refractivity contribution in [3.8, 4) is 0 Å². The highest BCUT2D eigenvalue weighted by atomic mass is 35.5. The van der Waals surface area contributed by atoms with E-state index in [4.69, 9.17) is 17.3 Å². The molecule has 0 spiro atoms. The van der Waals surface area contributed by atoms with Gasteiger partial charge in [0, 0.05) is 18.0 Å². The first kappa shape index (κ1) is 17.0. The highest BCUT2D eigenvalue weighted by molar-refractivity contribution is 6.30. The maximum atomic E-state index is 11.6. The molecule has 1 amide bonds. The number of rotatable bonds is 10. The zero-order chi connectivity index (χ0) is 14.6. The second-order valence-electron chi connectivity index (χ2n) is 5.03. The Balaban J connectivity index is 2.00. The van der Waals surface area contributed by atoms with E-state index in [9.17, 15) is 4.79 Å². The van der Waals surface area contributed by atoms with Crippen molar-refractivity contribution < 1.29 is 4.79 Å². The van der Waals surface area contributed by atoms with Crippen molar-refractivity contribution in [2.45, 2.75) is 44.9 Å². The second-order valence-corrected chi connectivity index (χ2v) is 5.47. The number of hydrogen-bond acceptors (Lipinski definition) is 2. The van der Waals surface area contributed by atoms with Crippen LogP contribution in [0.25, 0.3) is 0 Å². The van der Waals surface area contributed by atoms with E-state index in [1.54, 1.807) is 0 Å². The minimum atomic E-state index is 0.161. The summed E-state index contributed by atoms with van der Waals surface area (Å²) >= 11 is 5.83. The van der Waals surface area contributed by atoms with Gasteiger partial charge >= 0.3 is 0 Å². The van der Waals surface area contributed by atoms with Gasteiger partial charge in [-0.25, -0.2) is 0 Å². The fourth-order valence-electron chi connectivity index (χ4n) is 2.04. The summed E-state index contributed by atoms with van der Waals surface area (Å²) in [4.78, 5) is 11.6. The molecule has 0 saturated heterocycles. The van der Waals surface area contributed by atoms with Crippen LogP contribution in [0.4, 0.5) is 0 Å². The maximum absolute atomic E-state index is 11.6. The van der Waals surface area contributed by atoms with Crippen LogP contribution >= 0.6 is 11.6 Å². The summed E-state index contributed by atoms with van der Waals surface area (Å²) in [5.74, 6) is 0.161. The minimum Gasteiger partial charge on any atom is -0.356 e. The molecule has 0 atom stereocenters. The molecule has 1 aromatic rings. The topological polar surface area (TPSA) is 55.1 Å². The molecule has 0 aliphatic heterocycles. The van der Waals surface area contributed by atoms with Crippen LogP contribution in [0.2, 0.25) is 5.02 Å². The van der Waals surface area contributed by atoms with Crippen LogP contribution in [0.15, 0.2) is 24.3 Å². The molecule has 0 aromatic heterocycles. The number of amides is 1. The number of nitrogens with two attached hydrogens (primary N) is 1. The Kier molecular flexibility index (Phi) is 9.09. The van der Waals surface area contributed by atoms with Crippen LogP contribution < -0.4 is 11.1 Å². The summed E-state index contributed by atoms with van der Waals surface area (Å²) in [5.41, 5.74) is 6.68. The zero-order valence-electron chi connectivity index (χ0n) is 12.0. The first-order chi connectivity index (χ1) is 9.72. The molecule has 0 fully saturated rings. The molecular formula is C16H25ClN2O. The molecule has 3 nitrogen and oxygen atoms in total. The van der Waals surface area contributed by atoms with Crippen LogP contribution in [0.3, 0.4) is 0 Å². The lowest BCUT2D eigenvalue weighted by atomic mass is 10.1. The lowest BCUT2D eigenvalue weighted by Gasteiger charge is -2.05. The smallest absolute Gasteiger partial charge is 0.219 e. The Labute approximate surface area is 126 Å². The van der Waals surface area contributed by atoms with Crippen LogP contribution in [-0.4, -0.2) is 19.0 Å². The van der Waals surface area contributed by atoms with Gasteiger partial charge < -0.3 is 11.1 Å². The number of unbranched alkanes of at least 4 members (excludes halogenated alkanes) is 3. The van der Waals surface area contributed by atoms with Crippen molar-refractivity contribution in [1.29, 1.82) is 0 Å². The predicted octanol–water partition coefficient (Wildman–Crippen LogP) is 3.30. The van der Waals surface area contributed by atoms with Gasteiger partial charge in [0.2, 0.25) is 5.91 Å². The molecule has 0 aliphatic carbocycles. The van der Waals surface area contributed by atoms with E-state index in [0.717, 1.165) is 56.6 Å². The molecule has 0 unspecified atom stereocenters. The summed E-state index contributed by atoms with van der Waals surface area (Å²) in [6.07, 6.45) is 6.79. The van der Waals surface area contributed by atoms with Crippen LogP contribution in [-0.2, 0) is 11.2 Å². The summed E-state index contributed by atoms with van der Waals surface area (Å²) < 4.78 is 0. The van der Waals surface area contributed by atoms with Crippen LogP contribution in [0, 0.1) is 0 Å². The second kappa shape index (κ2) is 10.7. The average molecular weight is 297 g/mol. The van der Waals surface area contributed by atoms with E-state index in [1.165, 1.54) is 5.56 Å². The molecule has 1 aromatic carbocycles. The van der Waals surface area contributed by atoms with E-state index >= 15 is 0 Å². The summed E-state index contributed by atoms with van der Waals surface area (Å²) in [6.45, 7) is 1.49. The zero-order valence-corrected chi connectivity index (χ0v) is 12.8. The van der Waals surface area contributed by atoms with Gasteiger partial charge in [-0.05, 0) is 49.9 Å². The molecule has 112 valence electrons. The Morgan fingerprint density at radius 1 is 1.05 bits per heavy atom. The summed E-state index contributed by atoms with van der Waals surface area (Å²) in [5, 5.41) is 3.73. The van der Waals surface area contributed by atoms with Crippen LogP contribution in [0.1, 0.15) is 44.1 Å². The number of hydrogen-bond donors (Lipinski definition) is 2. The Hall–Kier alpha value is -1.06. The minimum absolute atomic E-state index is 0.161. The van der Waals surface area contributed by atoms with Gasteiger partial charge in [-0.15, -0.1) is 0 Å². The molecule has 4 heteroatoms. The molecular weight excluding hydrogens is 272 g/mol. The Morgan fingerprint density at radius 2 is 1.75 bits per heavy atom. The first-order valence-corrected chi connectivity index (χ1v) is 7.81. The molecule has 0 radical (unpaired) electrons. The van der Waals surface area contributed by atoms with Gasteiger partial charge in [0.05, 0.1) is 0 Å². The highest BCUT2D eigenvalue weighted by Crippen LogP contribution is 2.10. The van der Waals surface area contributed by atoms with Crippen molar-refractivity contribution in [2.75, 3.05) is 13.1 Å². The van der Waals surface area contributed by atoms with Gasteiger partial charge in [-0.1, -0.05) is 36.6 Å². The Bertz CT molecular complexity index is 379. The van der Waals surface area contributed by atoms with Crippen LogP contribution in [0.5, 0.6) is 0 Å². The molecule has 0 heterocycles. The third-order valence-electron chi connectivity index (χ3n) is 3.24. The van der Waals surface area contributed by atoms with Gasteiger partial charge in [-0.2, -0.15) is 0 Å². The number of nitrogens with one attached hydrogen (secondary N) is 1. The van der Waals surface area contributed by atoms with E-state index < -0.39 is 0 Å². The fraction of sp³-hybridized carbons (Fsp3) is 0.562. The van der Waals surface area contributed by atoms with Gasteiger partial charge in [-0.3, -0.25) is 4.79 Å². The Morgan fingerprint density at radius 3 is 2.45 bits per heavy atom. The summed E-state index contributed by atoms with van der Waals surface area (Å²) in [6, 6.07) is 7.86. The largest absolute Gasteiger partial charge is 0.356 e. The quantitative estimate of drug-likeness (QED) is 0.651. The molecule has 3 N–H and O–H groups in total. The van der Waals surface area contributed by atoms with Crippen molar-refractivity contribution in [2.24, 2.45) is 5.73 Å². The normalized spacial score (nSPS) is 10.5. The lowest BCUT2D eigenvalue weighted by molar-refractivity contribution is -0.121. The van der Waals surface area contributed by atoms with Gasteiger partial charge in [0.1, 0.15) is 0 Å². The molecule has 20 heavy (non-hydrogen) atoms. The number of halogens is 1. The number of carbonyl (C=O) groups is 1. The van der Waals surface area contributed by atoms with E-state index in [0.29, 0.717) is 6.42 Å². The monoisotopic (exact) mass is 296 g/mol. The SMILES string of the molecule is NCCCCCCC(=O)NCCCc1ccc(Cl)cc1. The van der Waals surface area contributed by atoms with E-state index in [1.807, 2.05) is 24.3 Å². The van der Waals surface area contributed by atoms with Crippen molar-refractivity contribution in [3.05, 3.63) is 34.9 Å². The van der Waals surface area contributed by atoms with Crippen molar-refractivity contribution in [3.63, 3.8) is 0 Å². The fourth-order valence-corrected chi connectivity index (χ4v) is 2.17.